The Labute approximate surface area is 100 Å². The summed E-state index contributed by atoms with van der Waals surface area (Å²) >= 11 is 2.92. The smallest absolute Gasteiger partial charge is 0.257 e. The molecule has 1 fully saturated rings. The van der Waals surface area contributed by atoms with E-state index in [1.165, 1.54) is 6.07 Å². The first-order valence-corrected chi connectivity index (χ1v) is 5.80. The summed E-state index contributed by atoms with van der Waals surface area (Å²) in [6.45, 7) is 0.490. The molecular weight excluding hydrogens is 280 g/mol. The zero-order chi connectivity index (χ0) is 11.7. The summed E-state index contributed by atoms with van der Waals surface area (Å²) in [6, 6.07) is 2.31. The number of carbonyl (C=O) groups is 1. The standard InChI is InChI=1S/C11H10BrF2NO/c12-7-3-4-8(13)9(10(7)14)11(16)15-5-6-1-2-6/h3-4,6H,1-2,5H2,(H,15,16). The molecule has 86 valence electrons. The van der Waals surface area contributed by atoms with Crippen molar-refractivity contribution in [2.45, 2.75) is 12.8 Å². The predicted octanol–water partition coefficient (Wildman–Crippen LogP) is 2.87. The molecule has 2 rings (SSSR count). The predicted molar refractivity (Wildman–Crippen MR) is 59.1 cm³/mol. The Morgan fingerprint density at radius 2 is 2.12 bits per heavy atom. The summed E-state index contributed by atoms with van der Waals surface area (Å²) in [5, 5.41) is 2.53. The van der Waals surface area contributed by atoms with Gasteiger partial charge in [0.1, 0.15) is 11.4 Å². The summed E-state index contributed by atoms with van der Waals surface area (Å²) in [7, 11) is 0. The van der Waals surface area contributed by atoms with Crippen molar-refractivity contribution in [3.05, 3.63) is 33.8 Å². The van der Waals surface area contributed by atoms with Crippen LogP contribution in [0.5, 0.6) is 0 Å². The van der Waals surface area contributed by atoms with Gasteiger partial charge in [-0.15, -0.1) is 0 Å². The molecule has 1 amide bonds. The van der Waals surface area contributed by atoms with Gasteiger partial charge in [-0.1, -0.05) is 0 Å². The molecule has 1 aliphatic carbocycles. The molecule has 5 heteroatoms. The lowest BCUT2D eigenvalue weighted by molar-refractivity contribution is 0.0943. The van der Waals surface area contributed by atoms with Crippen LogP contribution in [0.1, 0.15) is 23.2 Å². The van der Waals surface area contributed by atoms with Gasteiger partial charge in [0.15, 0.2) is 5.82 Å². The van der Waals surface area contributed by atoms with Crippen LogP contribution in [0, 0.1) is 17.6 Å². The number of hydrogen-bond donors (Lipinski definition) is 1. The maximum atomic E-state index is 13.5. The summed E-state index contributed by atoms with van der Waals surface area (Å²) in [5.41, 5.74) is -0.518. The van der Waals surface area contributed by atoms with E-state index in [-0.39, 0.29) is 4.47 Å². The van der Waals surface area contributed by atoms with Crippen molar-refractivity contribution in [2.75, 3.05) is 6.54 Å². The highest BCUT2D eigenvalue weighted by molar-refractivity contribution is 9.10. The molecule has 1 N–H and O–H groups in total. The quantitative estimate of drug-likeness (QED) is 0.852. The topological polar surface area (TPSA) is 29.1 Å². The Morgan fingerprint density at radius 3 is 2.75 bits per heavy atom. The minimum absolute atomic E-state index is 0.0884. The van der Waals surface area contributed by atoms with E-state index in [9.17, 15) is 13.6 Å². The fraction of sp³-hybridized carbons (Fsp3) is 0.364. The molecule has 1 aromatic rings. The molecule has 0 atom stereocenters. The Hall–Kier alpha value is -0.970. The highest BCUT2D eigenvalue weighted by Gasteiger charge is 2.24. The normalized spacial score (nSPS) is 14.9. The fourth-order valence-electron chi connectivity index (χ4n) is 1.38. The lowest BCUT2D eigenvalue weighted by atomic mass is 10.2. The van der Waals surface area contributed by atoms with Crippen LogP contribution in [0.25, 0.3) is 0 Å². The van der Waals surface area contributed by atoms with E-state index in [1.807, 2.05) is 0 Å². The molecule has 0 aromatic heterocycles. The van der Waals surface area contributed by atoms with Crippen molar-refractivity contribution in [3.8, 4) is 0 Å². The van der Waals surface area contributed by atoms with Gasteiger partial charge in [-0.05, 0) is 46.8 Å². The number of halogens is 3. The molecule has 0 bridgehead atoms. The molecular formula is C11H10BrF2NO. The van der Waals surface area contributed by atoms with E-state index in [1.54, 1.807) is 0 Å². The molecule has 0 heterocycles. The number of amides is 1. The molecule has 0 unspecified atom stereocenters. The van der Waals surface area contributed by atoms with Gasteiger partial charge < -0.3 is 5.32 Å². The Bertz CT molecular complexity index is 432. The molecule has 1 saturated carbocycles. The number of nitrogens with one attached hydrogen (secondary N) is 1. The monoisotopic (exact) mass is 289 g/mol. The third-order valence-corrected chi connectivity index (χ3v) is 3.13. The van der Waals surface area contributed by atoms with E-state index in [0.29, 0.717) is 12.5 Å². The van der Waals surface area contributed by atoms with Gasteiger partial charge in [0.05, 0.1) is 4.47 Å². The zero-order valence-electron chi connectivity index (χ0n) is 8.40. The fourth-order valence-corrected chi connectivity index (χ4v) is 1.71. The Balaban J connectivity index is 2.17. The van der Waals surface area contributed by atoms with Crippen molar-refractivity contribution in [2.24, 2.45) is 5.92 Å². The summed E-state index contributed by atoms with van der Waals surface area (Å²) < 4.78 is 26.9. The van der Waals surface area contributed by atoms with Crippen molar-refractivity contribution < 1.29 is 13.6 Å². The summed E-state index contributed by atoms with van der Waals surface area (Å²) in [5.74, 6) is -1.91. The lowest BCUT2D eigenvalue weighted by Crippen LogP contribution is -2.27. The van der Waals surface area contributed by atoms with Crippen LogP contribution >= 0.6 is 15.9 Å². The van der Waals surface area contributed by atoms with Crippen LogP contribution in [0.3, 0.4) is 0 Å². The Morgan fingerprint density at radius 1 is 1.44 bits per heavy atom. The lowest BCUT2D eigenvalue weighted by Gasteiger charge is -2.07. The van der Waals surface area contributed by atoms with E-state index in [2.05, 4.69) is 21.2 Å². The Kier molecular flexibility index (Phi) is 3.23. The van der Waals surface area contributed by atoms with E-state index in [4.69, 9.17) is 0 Å². The summed E-state index contributed by atoms with van der Waals surface area (Å²) in [6.07, 6.45) is 2.15. The van der Waals surface area contributed by atoms with Gasteiger partial charge in [0.25, 0.3) is 5.91 Å². The minimum atomic E-state index is -0.853. The van der Waals surface area contributed by atoms with Crippen molar-refractivity contribution in [1.82, 2.24) is 5.32 Å². The van der Waals surface area contributed by atoms with Crippen LogP contribution in [-0.4, -0.2) is 12.5 Å². The third kappa shape index (κ3) is 2.40. The van der Waals surface area contributed by atoms with E-state index >= 15 is 0 Å². The second kappa shape index (κ2) is 4.49. The van der Waals surface area contributed by atoms with Crippen molar-refractivity contribution >= 4 is 21.8 Å². The number of rotatable bonds is 3. The number of benzene rings is 1. The van der Waals surface area contributed by atoms with Crippen molar-refractivity contribution in [1.29, 1.82) is 0 Å². The van der Waals surface area contributed by atoms with Crippen LogP contribution < -0.4 is 5.32 Å². The summed E-state index contributed by atoms with van der Waals surface area (Å²) in [4.78, 5) is 11.6. The van der Waals surface area contributed by atoms with Gasteiger partial charge >= 0.3 is 0 Å². The van der Waals surface area contributed by atoms with Gasteiger partial charge in [0, 0.05) is 6.54 Å². The van der Waals surface area contributed by atoms with Gasteiger partial charge in [-0.2, -0.15) is 0 Å². The van der Waals surface area contributed by atoms with Crippen LogP contribution in [0.15, 0.2) is 16.6 Å². The third-order valence-electron chi connectivity index (χ3n) is 2.52. The molecule has 1 aromatic carbocycles. The highest BCUT2D eigenvalue weighted by Crippen LogP contribution is 2.28. The molecule has 0 aliphatic heterocycles. The first kappa shape index (κ1) is 11.5. The first-order chi connectivity index (χ1) is 7.59. The molecule has 0 radical (unpaired) electrons. The zero-order valence-corrected chi connectivity index (χ0v) is 9.98. The number of carbonyl (C=O) groups excluding carboxylic acids is 1. The molecule has 0 saturated heterocycles. The van der Waals surface area contributed by atoms with Crippen LogP contribution in [0.4, 0.5) is 8.78 Å². The van der Waals surface area contributed by atoms with Crippen LogP contribution in [-0.2, 0) is 0 Å². The van der Waals surface area contributed by atoms with Gasteiger partial charge in [0.2, 0.25) is 0 Å². The molecule has 2 nitrogen and oxygen atoms in total. The number of hydrogen-bond acceptors (Lipinski definition) is 1. The largest absolute Gasteiger partial charge is 0.352 e. The van der Waals surface area contributed by atoms with Gasteiger partial charge in [-0.3, -0.25) is 4.79 Å². The molecule has 16 heavy (non-hydrogen) atoms. The molecule has 0 spiro atoms. The first-order valence-electron chi connectivity index (χ1n) is 5.01. The van der Waals surface area contributed by atoms with Gasteiger partial charge in [-0.25, -0.2) is 8.78 Å². The van der Waals surface area contributed by atoms with E-state index in [0.717, 1.165) is 18.9 Å². The average Bonchev–Trinajstić information content (AvgIpc) is 3.05. The van der Waals surface area contributed by atoms with Crippen molar-refractivity contribution in [3.63, 3.8) is 0 Å². The van der Waals surface area contributed by atoms with Crippen LogP contribution in [0.2, 0.25) is 0 Å². The second-order valence-corrected chi connectivity index (χ2v) is 4.73. The maximum absolute atomic E-state index is 13.5. The SMILES string of the molecule is O=C(NCC1CC1)c1c(F)ccc(Br)c1F. The molecule has 1 aliphatic rings. The highest BCUT2D eigenvalue weighted by atomic mass is 79.9. The minimum Gasteiger partial charge on any atom is -0.352 e. The van der Waals surface area contributed by atoms with E-state index < -0.39 is 23.1 Å². The second-order valence-electron chi connectivity index (χ2n) is 3.87. The maximum Gasteiger partial charge on any atom is 0.257 e. The average molecular weight is 290 g/mol.